The maximum Gasteiger partial charge on any atom is 0.264 e. The lowest BCUT2D eigenvalue weighted by atomic mass is 10.1. The van der Waals surface area contributed by atoms with Crippen LogP contribution in [0.3, 0.4) is 0 Å². The van der Waals surface area contributed by atoms with Crippen molar-refractivity contribution in [2.24, 2.45) is 0 Å². The third-order valence-corrected chi connectivity index (χ3v) is 8.14. The molecular formula is C29H33ClFN3O5S. The first kappa shape index (κ1) is 30.9. The Bertz CT molecular complexity index is 1400. The Labute approximate surface area is 239 Å². The van der Waals surface area contributed by atoms with E-state index in [0.717, 1.165) is 4.31 Å². The number of benzene rings is 3. The van der Waals surface area contributed by atoms with Gasteiger partial charge in [-0.2, -0.15) is 0 Å². The van der Waals surface area contributed by atoms with Crippen LogP contribution < -0.4 is 14.4 Å². The molecule has 0 aliphatic heterocycles. The fourth-order valence-corrected chi connectivity index (χ4v) is 5.74. The SMILES string of the molecule is CCNC(=O)[C@H](CC)N(Cc1ccc(F)cc1)C(=O)CN(c1ccccc1OCC)S(=O)(=O)c1ccc(Cl)cc1. The van der Waals surface area contributed by atoms with Crippen molar-refractivity contribution in [2.75, 3.05) is 24.0 Å². The predicted molar refractivity (Wildman–Crippen MR) is 153 cm³/mol. The highest BCUT2D eigenvalue weighted by Crippen LogP contribution is 2.33. The third-order valence-electron chi connectivity index (χ3n) is 6.12. The largest absolute Gasteiger partial charge is 0.492 e. The minimum atomic E-state index is -4.28. The summed E-state index contributed by atoms with van der Waals surface area (Å²) in [5, 5.41) is 3.10. The van der Waals surface area contributed by atoms with Gasteiger partial charge in [0.1, 0.15) is 24.2 Å². The third kappa shape index (κ3) is 7.51. The molecule has 0 aromatic heterocycles. The molecular weight excluding hydrogens is 557 g/mol. The van der Waals surface area contributed by atoms with Gasteiger partial charge in [0, 0.05) is 18.1 Å². The molecule has 3 aromatic rings. The lowest BCUT2D eigenvalue weighted by molar-refractivity contribution is -0.140. The van der Waals surface area contributed by atoms with Crippen LogP contribution in [0.25, 0.3) is 0 Å². The number of amides is 2. The summed E-state index contributed by atoms with van der Waals surface area (Å²) in [4.78, 5) is 28.2. The number of carbonyl (C=O) groups excluding carboxylic acids is 2. The summed E-state index contributed by atoms with van der Waals surface area (Å²) < 4.78 is 48.2. The zero-order valence-electron chi connectivity index (χ0n) is 22.6. The second kappa shape index (κ2) is 14.1. The van der Waals surface area contributed by atoms with E-state index in [1.807, 2.05) is 0 Å². The monoisotopic (exact) mass is 589 g/mol. The van der Waals surface area contributed by atoms with Crippen LogP contribution in [0.5, 0.6) is 5.75 Å². The van der Waals surface area contributed by atoms with Gasteiger partial charge in [0.25, 0.3) is 10.0 Å². The van der Waals surface area contributed by atoms with E-state index in [0.29, 0.717) is 17.1 Å². The number of anilines is 1. The Morgan fingerprint density at radius 3 is 2.23 bits per heavy atom. The minimum absolute atomic E-state index is 0.0311. The van der Waals surface area contributed by atoms with Crippen LogP contribution in [0.15, 0.2) is 77.7 Å². The van der Waals surface area contributed by atoms with E-state index in [9.17, 15) is 22.4 Å². The Hall–Kier alpha value is -3.63. The van der Waals surface area contributed by atoms with Gasteiger partial charge in [-0.05, 0) is 74.4 Å². The van der Waals surface area contributed by atoms with Gasteiger partial charge in [-0.1, -0.05) is 42.8 Å². The maximum absolute atomic E-state index is 14.0. The van der Waals surface area contributed by atoms with Gasteiger partial charge in [0.15, 0.2) is 0 Å². The maximum atomic E-state index is 14.0. The summed E-state index contributed by atoms with van der Waals surface area (Å²) in [6.07, 6.45) is 0.276. The second-order valence-corrected chi connectivity index (χ2v) is 11.1. The quantitative estimate of drug-likeness (QED) is 0.302. The van der Waals surface area contributed by atoms with Crippen LogP contribution >= 0.6 is 11.6 Å². The first-order valence-corrected chi connectivity index (χ1v) is 14.8. The summed E-state index contributed by atoms with van der Waals surface area (Å²) >= 11 is 5.99. The Morgan fingerprint density at radius 1 is 0.975 bits per heavy atom. The molecule has 0 saturated heterocycles. The van der Waals surface area contributed by atoms with Crippen molar-refractivity contribution in [2.45, 2.75) is 44.7 Å². The summed E-state index contributed by atoms with van der Waals surface area (Å²) in [6, 6.07) is 16.8. The zero-order valence-corrected chi connectivity index (χ0v) is 24.2. The molecule has 0 aliphatic rings. The van der Waals surface area contributed by atoms with Crippen molar-refractivity contribution < 1.29 is 27.1 Å². The number of hydrogen-bond acceptors (Lipinski definition) is 5. The minimum Gasteiger partial charge on any atom is -0.492 e. The number of hydrogen-bond donors (Lipinski definition) is 1. The molecule has 1 atom stereocenters. The summed E-state index contributed by atoms with van der Waals surface area (Å²) in [5.74, 6) is -1.16. The Kier molecular flexibility index (Phi) is 10.9. The summed E-state index contributed by atoms with van der Waals surface area (Å²) in [7, 11) is -4.28. The smallest absolute Gasteiger partial charge is 0.264 e. The zero-order chi connectivity index (χ0) is 29.3. The number of rotatable bonds is 13. The van der Waals surface area contributed by atoms with E-state index >= 15 is 0 Å². The van der Waals surface area contributed by atoms with Crippen molar-refractivity contribution in [1.29, 1.82) is 0 Å². The van der Waals surface area contributed by atoms with Crippen LogP contribution in [-0.2, 0) is 26.2 Å². The highest BCUT2D eigenvalue weighted by molar-refractivity contribution is 7.92. The van der Waals surface area contributed by atoms with E-state index in [2.05, 4.69) is 5.32 Å². The molecule has 11 heteroatoms. The van der Waals surface area contributed by atoms with Gasteiger partial charge in [-0.25, -0.2) is 12.8 Å². The molecule has 214 valence electrons. The van der Waals surface area contributed by atoms with Gasteiger partial charge in [-0.15, -0.1) is 0 Å². The number of likely N-dealkylation sites (N-methyl/N-ethyl adjacent to an activating group) is 1. The first-order chi connectivity index (χ1) is 19.1. The van der Waals surface area contributed by atoms with Gasteiger partial charge in [-0.3, -0.25) is 13.9 Å². The highest BCUT2D eigenvalue weighted by Gasteiger charge is 2.34. The lowest BCUT2D eigenvalue weighted by Gasteiger charge is -2.33. The van der Waals surface area contributed by atoms with E-state index in [1.165, 1.54) is 53.4 Å². The van der Waals surface area contributed by atoms with E-state index in [4.69, 9.17) is 16.3 Å². The standard InChI is InChI=1S/C29H33ClFN3O5S/c1-4-25(29(36)32-5-2)33(19-21-11-15-23(31)16-12-21)28(35)20-34(26-9-7-8-10-27(26)39-6-3)40(37,38)24-17-13-22(30)14-18-24/h7-18,25H,4-6,19-20H2,1-3H3,(H,32,36)/t25-/m0/s1. The molecule has 0 radical (unpaired) electrons. The second-order valence-electron chi connectivity index (χ2n) is 8.83. The molecule has 8 nitrogen and oxygen atoms in total. The van der Waals surface area contributed by atoms with Crippen molar-refractivity contribution in [3.8, 4) is 5.75 Å². The van der Waals surface area contributed by atoms with Crippen LogP contribution in [0, 0.1) is 5.82 Å². The van der Waals surface area contributed by atoms with Crippen molar-refractivity contribution in [1.82, 2.24) is 10.2 Å². The molecule has 0 heterocycles. The number of sulfonamides is 1. The predicted octanol–water partition coefficient (Wildman–Crippen LogP) is 5.02. The lowest BCUT2D eigenvalue weighted by Crippen LogP contribution is -2.52. The topological polar surface area (TPSA) is 96.0 Å². The number of nitrogens with zero attached hydrogens (tertiary/aromatic N) is 2. The van der Waals surface area contributed by atoms with Crippen molar-refractivity contribution in [3.63, 3.8) is 0 Å². The normalized spacial score (nSPS) is 11.9. The fraction of sp³-hybridized carbons (Fsp3) is 0.310. The van der Waals surface area contributed by atoms with Crippen molar-refractivity contribution >= 4 is 39.1 Å². The Morgan fingerprint density at radius 2 is 1.62 bits per heavy atom. The molecule has 3 rings (SSSR count). The van der Waals surface area contributed by atoms with Crippen LogP contribution in [0.1, 0.15) is 32.8 Å². The fourth-order valence-electron chi connectivity index (χ4n) is 4.19. The van der Waals surface area contributed by atoms with Crippen molar-refractivity contribution in [3.05, 3.63) is 89.2 Å². The highest BCUT2D eigenvalue weighted by atomic mass is 35.5. The number of halogens is 2. The number of carbonyl (C=O) groups is 2. The molecule has 0 spiro atoms. The van der Waals surface area contributed by atoms with E-state index < -0.39 is 34.3 Å². The van der Waals surface area contributed by atoms with E-state index in [1.54, 1.807) is 45.0 Å². The summed E-state index contributed by atoms with van der Waals surface area (Å²) in [6.45, 7) is 5.27. The van der Waals surface area contributed by atoms with E-state index in [-0.39, 0.29) is 41.8 Å². The van der Waals surface area contributed by atoms with Gasteiger partial charge >= 0.3 is 0 Å². The summed E-state index contributed by atoms with van der Waals surface area (Å²) in [5.41, 5.74) is 0.750. The molecule has 0 fully saturated rings. The molecule has 0 unspecified atom stereocenters. The number of nitrogens with one attached hydrogen (secondary N) is 1. The average Bonchev–Trinajstić information content (AvgIpc) is 2.93. The number of para-hydroxylation sites is 2. The average molecular weight is 590 g/mol. The molecule has 0 saturated carbocycles. The molecule has 0 aliphatic carbocycles. The first-order valence-electron chi connectivity index (χ1n) is 12.9. The molecule has 1 N–H and O–H groups in total. The molecule has 2 amide bonds. The number of ether oxygens (including phenoxy) is 1. The van der Waals surface area contributed by atoms with Gasteiger partial charge < -0.3 is 15.0 Å². The van der Waals surface area contributed by atoms with Crippen LogP contribution in [0.4, 0.5) is 10.1 Å². The molecule has 0 bridgehead atoms. The Balaban J connectivity index is 2.10. The van der Waals surface area contributed by atoms with Crippen LogP contribution in [-0.4, -0.2) is 50.9 Å². The molecule has 40 heavy (non-hydrogen) atoms. The van der Waals surface area contributed by atoms with Gasteiger partial charge in [0.05, 0.1) is 17.2 Å². The van der Waals surface area contributed by atoms with Crippen LogP contribution in [0.2, 0.25) is 5.02 Å². The molecule has 3 aromatic carbocycles. The van der Waals surface area contributed by atoms with Gasteiger partial charge in [0.2, 0.25) is 11.8 Å².